The van der Waals surface area contributed by atoms with E-state index in [1.807, 2.05) is 0 Å². The minimum absolute atomic E-state index is 0.0769. The first kappa shape index (κ1) is 17.8. The highest BCUT2D eigenvalue weighted by atomic mass is 19.2. The first-order chi connectivity index (χ1) is 11.5. The molecule has 24 heavy (non-hydrogen) atoms. The van der Waals surface area contributed by atoms with Gasteiger partial charge in [-0.25, -0.2) is 13.2 Å². The van der Waals surface area contributed by atoms with E-state index in [9.17, 15) is 18.0 Å². The van der Waals surface area contributed by atoms with E-state index in [1.165, 1.54) is 7.11 Å². The van der Waals surface area contributed by atoms with Crippen molar-refractivity contribution in [2.45, 2.75) is 18.9 Å². The summed E-state index contributed by atoms with van der Waals surface area (Å²) < 4.78 is 44.7. The van der Waals surface area contributed by atoms with Crippen molar-refractivity contribution in [1.82, 2.24) is 5.48 Å². The lowest BCUT2D eigenvalue weighted by atomic mass is 10.0. The Morgan fingerprint density at radius 3 is 2.42 bits per heavy atom. The van der Waals surface area contributed by atoms with Gasteiger partial charge in [-0.3, -0.25) is 4.79 Å². The van der Waals surface area contributed by atoms with Crippen LogP contribution in [0.5, 0.6) is 5.75 Å². The zero-order valence-corrected chi connectivity index (χ0v) is 12.9. The maximum Gasteiger partial charge on any atom is 0.307 e. The van der Waals surface area contributed by atoms with Crippen LogP contribution in [-0.2, 0) is 16.0 Å². The zero-order chi connectivity index (χ0) is 17.5. The number of hydrogen-bond acceptors (Lipinski definition) is 4. The van der Waals surface area contributed by atoms with Crippen molar-refractivity contribution in [3.63, 3.8) is 0 Å². The van der Waals surface area contributed by atoms with Gasteiger partial charge in [0, 0.05) is 6.07 Å². The van der Waals surface area contributed by atoms with E-state index in [0.717, 1.165) is 6.07 Å². The van der Waals surface area contributed by atoms with E-state index < -0.39 is 29.5 Å². The lowest BCUT2D eigenvalue weighted by Crippen LogP contribution is -2.36. The molecule has 7 heteroatoms. The van der Waals surface area contributed by atoms with Crippen molar-refractivity contribution in [3.05, 3.63) is 65.5 Å². The summed E-state index contributed by atoms with van der Waals surface area (Å²) in [5.74, 6) is -3.39. The van der Waals surface area contributed by atoms with Gasteiger partial charge in [0.1, 0.15) is 11.6 Å². The summed E-state index contributed by atoms with van der Waals surface area (Å²) in [6.45, 7) is 0. The smallest absolute Gasteiger partial charge is 0.307 e. The number of para-hydroxylation sites is 1. The molecule has 4 nitrogen and oxygen atoms in total. The molecule has 0 fully saturated rings. The summed E-state index contributed by atoms with van der Waals surface area (Å²) in [6, 6.07) is 9.20. The number of carbonyl (C=O) groups excluding carboxylic acids is 1. The van der Waals surface area contributed by atoms with Crippen molar-refractivity contribution in [3.8, 4) is 5.75 Å². The molecule has 0 bridgehead atoms. The Labute approximate surface area is 137 Å². The molecule has 1 atom stereocenters. The number of carbonyl (C=O) groups is 1. The van der Waals surface area contributed by atoms with Crippen LogP contribution in [0.25, 0.3) is 0 Å². The Morgan fingerprint density at radius 1 is 1.08 bits per heavy atom. The molecule has 0 spiro atoms. The topological polar surface area (TPSA) is 47.6 Å². The fourth-order valence-corrected chi connectivity index (χ4v) is 2.07. The van der Waals surface area contributed by atoms with Gasteiger partial charge in [-0.05, 0) is 30.2 Å². The normalized spacial score (nSPS) is 11.8. The van der Waals surface area contributed by atoms with Gasteiger partial charge in [0.2, 0.25) is 0 Å². The summed E-state index contributed by atoms with van der Waals surface area (Å²) in [6.07, 6.45) is -0.229. The molecular formula is C17H16F3NO3. The van der Waals surface area contributed by atoms with Crippen molar-refractivity contribution in [2.75, 3.05) is 7.11 Å². The molecule has 1 N–H and O–H groups in total. The van der Waals surface area contributed by atoms with E-state index in [-0.39, 0.29) is 18.4 Å². The van der Waals surface area contributed by atoms with Gasteiger partial charge in [-0.15, -0.1) is 0 Å². The second-order valence-corrected chi connectivity index (χ2v) is 5.07. The van der Waals surface area contributed by atoms with Crippen LogP contribution in [0, 0.1) is 17.5 Å². The van der Waals surface area contributed by atoms with Gasteiger partial charge in [-0.1, -0.05) is 18.2 Å². The van der Waals surface area contributed by atoms with E-state index in [4.69, 9.17) is 4.84 Å². The summed E-state index contributed by atoms with van der Waals surface area (Å²) in [5.41, 5.74) is 2.55. The van der Waals surface area contributed by atoms with Crippen LogP contribution >= 0.6 is 0 Å². The lowest BCUT2D eigenvalue weighted by Gasteiger charge is -2.18. The number of esters is 1. The number of halogens is 3. The number of benzene rings is 2. The number of nitrogens with one attached hydrogen (secondary N) is 1. The SMILES string of the molecule is COC(=O)C[C@@H](Cc1cc(F)c(F)cc1F)NOc1ccccc1. The van der Waals surface area contributed by atoms with Gasteiger partial charge >= 0.3 is 5.97 Å². The first-order valence-corrected chi connectivity index (χ1v) is 7.17. The van der Waals surface area contributed by atoms with Crippen LogP contribution in [0.4, 0.5) is 13.2 Å². The molecule has 0 aliphatic heterocycles. The summed E-state index contributed by atoms with van der Waals surface area (Å²) in [7, 11) is 1.22. The Morgan fingerprint density at radius 2 is 1.75 bits per heavy atom. The third-order valence-electron chi connectivity index (χ3n) is 3.28. The third-order valence-corrected chi connectivity index (χ3v) is 3.28. The molecule has 0 amide bonds. The lowest BCUT2D eigenvalue weighted by molar-refractivity contribution is -0.141. The minimum Gasteiger partial charge on any atom is -0.469 e. The standard InChI is InChI=1S/C17H16F3NO3/c1-23-17(22)9-12(21-24-13-5-3-2-4-6-13)7-11-8-15(19)16(20)10-14(11)18/h2-6,8,10,12,21H,7,9H2,1H3/t12-/m1/s1. The highest BCUT2D eigenvalue weighted by Crippen LogP contribution is 2.17. The zero-order valence-electron chi connectivity index (χ0n) is 12.9. The Kier molecular flexibility index (Phi) is 6.20. The van der Waals surface area contributed by atoms with Crippen LogP contribution in [0.3, 0.4) is 0 Å². The number of hydrogen-bond donors (Lipinski definition) is 1. The highest BCUT2D eigenvalue weighted by Gasteiger charge is 2.19. The van der Waals surface area contributed by atoms with Gasteiger partial charge < -0.3 is 9.57 Å². The average Bonchev–Trinajstić information content (AvgIpc) is 2.58. The average molecular weight is 339 g/mol. The number of hydroxylamine groups is 1. The van der Waals surface area contributed by atoms with E-state index in [1.54, 1.807) is 30.3 Å². The van der Waals surface area contributed by atoms with Crippen LogP contribution in [0.1, 0.15) is 12.0 Å². The van der Waals surface area contributed by atoms with E-state index >= 15 is 0 Å². The Bertz CT molecular complexity index is 695. The van der Waals surface area contributed by atoms with Crippen LogP contribution in [0.2, 0.25) is 0 Å². The van der Waals surface area contributed by atoms with Crippen molar-refractivity contribution < 1.29 is 27.5 Å². The fraction of sp³-hybridized carbons (Fsp3) is 0.235. The number of rotatable bonds is 7. The fourth-order valence-electron chi connectivity index (χ4n) is 2.07. The van der Waals surface area contributed by atoms with Crippen molar-refractivity contribution in [1.29, 1.82) is 0 Å². The summed E-state index contributed by atoms with van der Waals surface area (Å²) in [5, 5.41) is 0. The van der Waals surface area contributed by atoms with Crippen LogP contribution in [-0.4, -0.2) is 19.1 Å². The highest BCUT2D eigenvalue weighted by molar-refractivity contribution is 5.69. The molecule has 2 rings (SSSR count). The molecule has 0 aliphatic carbocycles. The number of ether oxygens (including phenoxy) is 1. The number of methoxy groups -OCH3 is 1. The predicted molar refractivity (Wildman–Crippen MR) is 80.6 cm³/mol. The molecule has 0 unspecified atom stereocenters. The summed E-state index contributed by atoms with van der Waals surface area (Å²) >= 11 is 0. The van der Waals surface area contributed by atoms with Gasteiger partial charge in [0.15, 0.2) is 11.6 Å². The molecule has 128 valence electrons. The molecule has 0 saturated carbocycles. The largest absolute Gasteiger partial charge is 0.469 e. The molecule has 2 aromatic rings. The maximum absolute atomic E-state index is 13.8. The molecule has 2 aromatic carbocycles. The van der Waals surface area contributed by atoms with Gasteiger partial charge in [-0.2, -0.15) is 5.48 Å². The maximum atomic E-state index is 13.8. The van der Waals surface area contributed by atoms with E-state index in [0.29, 0.717) is 11.8 Å². The first-order valence-electron chi connectivity index (χ1n) is 7.17. The third kappa shape index (κ3) is 4.99. The Balaban J connectivity index is 2.11. The van der Waals surface area contributed by atoms with Gasteiger partial charge in [0.25, 0.3) is 0 Å². The molecule has 0 aromatic heterocycles. The predicted octanol–water partition coefficient (Wildman–Crippen LogP) is 3.16. The Hall–Kier alpha value is -2.54. The van der Waals surface area contributed by atoms with Crippen LogP contribution in [0.15, 0.2) is 42.5 Å². The quantitative estimate of drug-likeness (QED) is 0.478. The second-order valence-electron chi connectivity index (χ2n) is 5.07. The summed E-state index contributed by atoms with van der Waals surface area (Å²) in [4.78, 5) is 16.8. The van der Waals surface area contributed by atoms with Crippen molar-refractivity contribution >= 4 is 5.97 Å². The van der Waals surface area contributed by atoms with E-state index in [2.05, 4.69) is 10.2 Å². The molecular weight excluding hydrogens is 323 g/mol. The molecule has 0 radical (unpaired) electrons. The molecule has 0 heterocycles. The van der Waals surface area contributed by atoms with Gasteiger partial charge in [0.05, 0.1) is 19.6 Å². The monoisotopic (exact) mass is 339 g/mol. The minimum atomic E-state index is -1.27. The van der Waals surface area contributed by atoms with Crippen molar-refractivity contribution in [2.24, 2.45) is 0 Å². The molecule has 0 aliphatic rings. The van der Waals surface area contributed by atoms with Crippen LogP contribution < -0.4 is 10.3 Å². The second kappa shape index (κ2) is 8.35. The molecule has 0 saturated heterocycles.